The second kappa shape index (κ2) is 10.4. The zero-order valence-electron chi connectivity index (χ0n) is 25.7. The van der Waals surface area contributed by atoms with Crippen LogP contribution in [0.15, 0.2) is 48.7 Å². The molecule has 0 spiro atoms. The number of hydrogen-bond donors (Lipinski definition) is 2. The number of nitrogens with two attached hydrogens (primary N) is 1. The molecule has 0 unspecified atom stereocenters. The normalized spacial score (nSPS) is 20.8. The van der Waals surface area contributed by atoms with Crippen molar-refractivity contribution in [2.75, 3.05) is 19.0 Å². The minimum absolute atomic E-state index is 0.00998. The molecule has 2 saturated carbocycles. The molecule has 8 rings (SSSR count). The number of anilines is 1. The number of aryl methyl sites for hydroxylation is 1. The summed E-state index contributed by atoms with van der Waals surface area (Å²) in [4.78, 5) is 41.7. The van der Waals surface area contributed by atoms with E-state index in [0.717, 1.165) is 58.7 Å². The summed E-state index contributed by atoms with van der Waals surface area (Å²) in [6.45, 7) is 3.02. The first kappa shape index (κ1) is 27.8. The third-order valence-corrected chi connectivity index (χ3v) is 9.79. The number of carbonyl (C=O) groups excluding carboxylic acids is 2. The largest absolute Gasteiger partial charge is 0.494 e. The van der Waals surface area contributed by atoms with Gasteiger partial charge >= 0.3 is 0 Å². The molecule has 3 aliphatic rings. The topological polar surface area (TPSA) is 133 Å². The van der Waals surface area contributed by atoms with Crippen LogP contribution in [-0.4, -0.2) is 66.5 Å². The third kappa shape index (κ3) is 4.64. The number of likely N-dealkylation sites (tertiary alicyclic amines) is 1. The van der Waals surface area contributed by atoms with Gasteiger partial charge in [0.15, 0.2) is 5.82 Å². The number of rotatable bonds is 7. The Labute approximate surface area is 260 Å². The molecule has 1 saturated heterocycles. The van der Waals surface area contributed by atoms with Crippen molar-refractivity contribution >= 4 is 39.7 Å². The van der Waals surface area contributed by atoms with Crippen molar-refractivity contribution < 1.29 is 14.3 Å². The van der Waals surface area contributed by atoms with Gasteiger partial charge in [0.05, 0.1) is 24.0 Å². The minimum atomic E-state index is -0.161. The van der Waals surface area contributed by atoms with Crippen molar-refractivity contribution in [1.82, 2.24) is 29.0 Å². The van der Waals surface area contributed by atoms with Gasteiger partial charge in [0.25, 0.3) is 5.91 Å². The highest BCUT2D eigenvalue weighted by atomic mass is 16.5. The highest BCUT2D eigenvalue weighted by molar-refractivity contribution is 6.00. The van der Waals surface area contributed by atoms with Gasteiger partial charge in [-0.2, -0.15) is 0 Å². The molecule has 0 radical (unpaired) electrons. The Bertz CT molecular complexity index is 1990. The average Bonchev–Trinajstić information content (AvgIpc) is 3.44. The number of ether oxygens (including phenoxy) is 1. The van der Waals surface area contributed by atoms with E-state index in [1.165, 1.54) is 19.8 Å². The van der Waals surface area contributed by atoms with Crippen molar-refractivity contribution in [1.29, 1.82) is 0 Å². The minimum Gasteiger partial charge on any atom is -0.494 e. The summed E-state index contributed by atoms with van der Waals surface area (Å²) in [5, 5.41) is 3.73. The van der Waals surface area contributed by atoms with Gasteiger partial charge in [0, 0.05) is 61.9 Å². The van der Waals surface area contributed by atoms with E-state index in [1.807, 2.05) is 36.2 Å². The molecule has 45 heavy (non-hydrogen) atoms. The van der Waals surface area contributed by atoms with Gasteiger partial charge in [-0.05, 0) is 80.0 Å². The quantitative estimate of drug-likeness (QED) is 0.278. The number of methoxy groups -OCH3 is 1. The lowest BCUT2D eigenvalue weighted by Gasteiger charge is -2.27. The Morgan fingerprint density at radius 2 is 1.91 bits per heavy atom. The molecule has 3 fully saturated rings. The molecule has 2 amide bonds. The van der Waals surface area contributed by atoms with Gasteiger partial charge < -0.3 is 29.8 Å². The molecule has 4 aromatic heterocycles. The molecular formula is C34H36N8O3. The molecule has 2 bridgehead atoms. The molecule has 1 aromatic carbocycles. The van der Waals surface area contributed by atoms with Crippen molar-refractivity contribution in [2.45, 2.75) is 51.2 Å². The van der Waals surface area contributed by atoms with Crippen molar-refractivity contribution in [2.24, 2.45) is 24.6 Å². The molecule has 3 N–H and O–H groups in total. The Morgan fingerprint density at radius 3 is 2.58 bits per heavy atom. The summed E-state index contributed by atoms with van der Waals surface area (Å²) in [5.41, 5.74) is 12.1. The van der Waals surface area contributed by atoms with Crippen LogP contribution in [-0.2, 0) is 18.4 Å². The lowest BCUT2D eigenvalue weighted by molar-refractivity contribution is -0.114. The van der Waals surface area contributed by atoms with Crippen molar-refractivity contribution in [3.05, 3.63) is 54.2 Å². The lowest BCUT2D eigenvalue weighted by atomic mass is 10.1. The number of pyridine rings is 2. The molecular weight excluding hydrogens is 568 g/mol. The number of aromatic nitrogens is 5. The molecule has 230 valence electrons. The van der Waals surface area contributed by atoms with E-state index in [0.29, 0.717) is 41.0 Å². The van der Waals surface area contributed by atoms with Crippen LogP contribution in [0.1, 0.15) is 43.0 Å². The average molecular weight is 605 g/mol. The Morgan fingerprint density at radius 1 is 1.07 bits per heavy atom. The maximum Gasteiger partial charge on any atom is 0.254 e. The van der Waals surface area contributed by atoms with Crippen LogP contribution in [0.25, 0.3) is 44.8 Å². The fourth-order valence-corrected chi connectivity index (χ4v) is 7.28. The van der Waals surface area contributed by atoms with Gasteiger partial charge in [-0.1, -0.05) is 0 Å². The summed E-state index contributed by atoms with van der Waals surface area (Å²) >= 11 is 0. The van der Waals surface area contributed by atoms with Crippen LogP contribution in [0.3, 0.4) is 0 Å². The SMILES string of the molecule is COc1cc(C(=O)N2C[C@H]3CC[C@@H]2[C@@H]3N)cc2nc(-c3cc4ccc(-c5ccc(NC(C)=O)nc5)nc4n3CC3CC3)n(C)c12. The van der Waals surface area contributed by atoms with Crippen LogP contribution in [0.4, 0.5) is 5.82 Å². The zero-order valence-corrected chi connectivity index (χ0v) is 25.7. The third-order valence-electron chi connectivity index (χ3n) is 9.79. The summed E-state index contributed by atoms with van der Waals surface area (Å²) < 4.78 is 10.2. The van der Waals surface area contributed by atoms with E-state index < -0.39 is 0 Å². The van der Waals surface area contributed by atoms with Crippen LogP contribution in [0.2, 0.25) is 0 Å². The summed E-state index contributed by atoms with van der Waals surface area (Å²) in [6, 6.07) is 13.8. The van der Waals surface area contributed by atoms with E-state index in [4.69, 9.17) is 20.4 Å². The number of piperidine rings is 1. The zero-order chi connectivity index (χ0) is 31.0. The fraction of sp³-hybridized carbons (Fsp3) is 0.382. The van der Waals surface area contributed by atoms with Gasteiger partial charge in [0.1, 0.15) is 22.7 Å². The second-order valence-electron chi connectivity index (χ2n) is 12.8. The highest BCUT2D eigenvalue weighted by Crippen LogP contribution is 2.40. The number of hydrogen-bond acceptors (Lipinski definition) is 7. The van der Waals surface area contributed by atoms with Crippen LogP contribution in [0, 0.1) is 11.8 Å². The monoisotopic (exact) mass is 604 g/mol. The summed E-state index contributed by atoms with van der Waals surface area (Å²) in [7, 11) is 3.63. The number of amides is 2. The van der Waals surface area contributed by atoms with E-state index in [1.54, 1.807) is 19.4 Å². The fourth-order valence-electron chi connectivity index (χ4n) is 7.28. The number of imidazole rings is 1. The number of nitrogens with zero attached hydrogens (tertiary/aromatic N) is 6. The smallest absolute Gasteiger partial charge is 0.254 e. The molecule has 5 aromatic rings. The van der Waals surface area contributed by atoms with Gasteiger partial charge in [-0.25, -0.2) is 15.0 Å². The van der Waals surface area contributed by atoms with Gasteiger partial charge in [-0.3, -0.25) is 9.59 Å². The van der Waals surface area contributed by atoms with Crippen LogP contribution >= 0.6 is 0 Å². The maximum absolute atomic E-state index is 13.7. The number of benzene rings is 1. The van der Waals surface area contributed by atoms with Crippen LogP contribution in [0.5, 0.6) is 5.75 Å². The highest BCUT2D eigenvalue weighted by Gasteiger charge is 2.47. The van der Waals surface area contributed by atoms with Gasteiger partial charge in [-0.15, -0.1) is 0 Å². The number of fused-ring (bicyclic) bond motifs is 4. The first-order chi connectivity index (χ1) is 21.8. The van der Waals surface area contributed by atoms with E-state index in [-0.39, 0.29) is 23.9 Å². The molecule has 2 aliphatic carbocycles. The van der Waals surface area contributed by atoms with Gasteiger partial charge in [0.2, 0.25) is 5.91 Å². The predicted molar refractivity (Wildman–Crippen MR) is 172 cm³/mol. The Kier molecular flexibility index (Phi) is 6.42. The summed E-state index contributed by atoms with van der Waals surface area (Å²) in [6.07, 6.45) is 6.17. The van der Waals surface area contributed by atoms with E-state index in [2.05, 4.69) is 31.6 Å². The van der Waals surface area contributed by atoms with Crippen LogP contribution < -0.4 is 15.8 Å². The van der Waals surface area contributed by atoms with Crippen molar-refractivity contribution in [3.63, 3.8) is 0 Å². The molecule has 3 atom stereocenters. The molecule has 1 aliphatic heterocycles. The lowest BCUT2D eigenvalue weighted by Crippen LogP contribution is -2.41. The van der Waals surface area contributed by atoms with E-state index in [9.17, 15) is 9.59 Å². The first-order valence-corrected chi connectivity index (χ1v) is 15.6. The second-order valence-corrected chi connectivity index (χ2v) is 12.8. The Hall–Kier alpha value is -4.77. The molecule has 5 heterocycles. The molecule has 11 nitrogen and oxygen atoms in total. The molecule has 11 heteroatoms. The van der Waals surface area contributed by atoms with E-state index >= 15 is 0 Å². The first-order valence-electron chi connectivity index (χ1n) is 15.6. The predicted octanol–water partition coefficient (Wildman–Crippen LogP) is 4.59. The Balaban J connectivity index is 1.20. The number of nitrogens with one attached hydrogen (secondary N) is 1. The van der Waals surface area contributed by atoms with Crippen molar-refractivity contribution in [3.8, 4) is 28.5 Å². The standard InChI is InChI=1S/C34H36N8O3/c1-18(43)37-29-11-8-21(15-36-29)24-9-6-20-13-27(41(32(20)38-24)16-19-4-5-19)33-39-25-12-23(14-28(45-3)31(25)40(33)2)34(44)42-17-22-7-10-26(42)30(22)35/h6,8-9,11-15,19,22,26,30H,4-5,7,10,16-17,35H2,1-3H3,(H,36,37,43)/t22-,26-,30-/m1/s1. The maximum atomic E-state index is 13.7. The summed E-state index contributed by atoms with van der Waals surface area (Å²) in [5.74, 6) is 2.72. The number of carbonyl (C=O) groups is 2.